The smallest absolute Gasteiger partial charge is 0.341 e. The number of hydrogen-bond donors (Lipinski definition) is 3. The minimum Gasteiger partial charge on any atom is -0.487 e. The van der Waals surface area contributed by atoms with Crippen molar-refractivity contribution >= 4 is 29.2 Å². The third-order valence-corrected chi connectivity index (χ3v) is 9.90. The van der Waals surface area contributed by atoms with E-state index in [0.717, 1.165) is 43.2 Å². The molecule has 0 aromatic heterocycles. The highest BCUT2D eigenvalue weighted by Crippen LogP contribution is 2.43. The number of amides is 1. The highest BCUT2D eigenvalue weighted by atomic mass is 35.5. The highest BCUT2D eigenvalue weighted by Gasteiger charge is 2.50. The van der Waals surface area contributed by atoms with Gasteiger partial charge in [-0.15, -0.1) is 0 Å². The van der Waals surface area contributed by atoms with Crippen molar-refractivity contribution < 1.29 is 29.6 Å². The Morgan fingerprint density at radius 3 is 2.65 bits per heavy atom. The molecular formula is C34H43ClN2O6. The molecule has 3 N–H and O–H groups in total. The van der Waals surface area contributed by atoms with Crippen LogP contribution in [0.2, 0.25) is 5.02 Å². The van der Waals surface area contributed by atoms with Crippen LogP contribution in [-0.2, 0) is 28.2 Å². The number of fused-ring (bicyclic) bond motifs is 3. The van der Waals surface area contributed by atoms with Crippen LogP contribution in [0.25, 0.3) is 0 Å². The number of carboxylic acids is 1. The van der Waals surface area contributed by atoms with Gasteiger partial charge >= 0.3 is 5.97 Å². The third kappa shape index (κ3) is 6.42. The molecule has 0 saturated heterocycles. The normalized spacial score (nSPS) is 29.3. The average molecular weight is 611 g/mol. The predicted molar refractivity (Wildman–Crippen MR) is 166 cm³/mol. The number of carboxylic acid groups (broad SMARTS) is 1. The molecule has 5 rings (SSSR count). The Morgan fingerprint density at radius 1 is 1.12 bits per heavy atom. The number of hydrogen-bond acceptors (Lipinski definition) is 6. The summed E-state index contributed by atoms with van der Waals surface area (Å²) in [6.45, 7) is 3.74. The van der Waals surface area contributed by atoms with Crippen molar-refractivity contribution in [2.45, 2.75) is 70.2 Å². The number of nitrogens with zero attached hydrogens (tertiary/aromatic N) is 2. The quantitative estimate of drug-likeness (QED) is 0.403. The zero-order valence-corrected chi connectivity index (χ0v) is 25.8. The minimum absolute atomic E-state index is 0.112. The van der Waals surface area contributed by atoms with E-state index >= 15 is 0 Å². The van der Waals surface area contributed by atoms with Crippen molar-refractivity contribution in [1.82, 2.24) is 4.90 Å². The Hall–Kier alpha value is -3.07. The Balaban J connectivity index is 1.63. The first-order chi connectivity index (χ1) is 20.6. The van der Waals surface area contributed by atoms with Crippen molar-refractivity contribution in [3.63, 3.8) is 0 Å². The van der Waals surface area contributed by atoms with E-state index in [-0.39, 0.29) is 23.8 Å². The van der Waals surface area contributed by atoms with E-state index in [2.05, 4.69) is 4.90 Å². The molecule has 8 nitrogen and oxygen atoms in total. The largest absolute Gasteiger partial charge is 0.487 e. The van der Waals surface area contributed by atoms with Gasteiger partial charge in [-0.1, -0.05) is 42.8 Å². The molecule has 1 saturated carbocycles. The lowest BCUT2D eigenvalue weighted by atomic mass is 9.70. The molecule has 43 heavy (non-hydrogen) atoms. The molecule has 2 aliphatic heterocycles. The summed E-state index contributed by atoms with van der Waals surface area (Å²) in [4.78, 5) is 30.1. The summed E-state index contributed by atoms with van der Waals surface area (Å²) in [6.07, 6.45) is 8.39. The molecule has 0 radical (unpaired) electrons. The van der Waals surface area contributed by atoms with Crippen LogP contribution in [0.1, 0.15) is 62.1 Å². The molecule has 1 aliphatic carbocycles. The van der Waals surface area contributed by atoms with Gasteiger partial charge in [-0.25, -0.2) is 4.79 Å². The number of anilines is 1. The van der Waals surface area contributed by atoms with E-state index in [4.69, 9.17) is 16.3 Å². The monoisotopic (exact) mass is 610 g/mol. The molecule has 0 spiro atoms. The van der Waals surface area contributed by atoms with Gasteiger partial charge in [0.05, 0.1) is 17.7 Å². The van der Waals surface area contributed by atoms with E-state index in [1.807, 2.05) is 30.4 Å². The molecule has 2 bridgehead atoms. The number of aryl methyl sites for hydroxylation is 1. The summed E-state index contributed by atoms with van der Waals surface area (Å²) < 4.78 is 6.42. The van der Waals surface area contributed by atoms with Gasteiger partial charge in [0.2, 0.25) is 5.91 Å². The van der Waals surface area contributed by atoms with Crippen LogP contribution >= 0.6 is 11.6 Å². The fourth-order valence-corrected chi connectivity index (χ4v) is 7.07. The number of aliphatic hydroxyl groups excluding tert-OH is 1. The van der Waals surface area contributed by atoms with Gasteiger partial charge in [0.15, 0.2) is 5.60 Å². The number of rotatable bonds is 2. The third-order valence-electron chi connectivity index (χ3n) is 9.66. The van der Waals surface area contributed by atoms with Crippen LogP contribution in [0.3, 0.4) is 0 Å². The fraction of sp³-hybridized carbons (Fsp3) is 0.529. The lowest BCUT2D eigenvalue weighted by Gasteiger charge is -2.43. The summed E-state index contributed by atoms with van der Waals surface area (Å²) in [7, 11) is 1.62. The van der Waals surface area contributed by atoms with E-state index in [9.17, 15) is 24.9 Å². The molecule has 5 atom stereocenters. The first kappa shape index (κ1) is 31.4. The number of aliphatic hydroxyl groups is 2. The topological polar surface area (TPSA) is 111 Å². The first-order valence-corrected chi connectivity index (χ1v) is 15.9. The molecule has 2 aromatic rings. The van der Waals surface area contributed by atoms with Crippen LogP contribution in [0, 0.1) is 17.8 Å². The first-order valence-electron chi connectivity index (χ1n) is 15.5. The standard InChI is InChI=1S/C34H43ClN2O6/c1-3-28-32(39)36(2)16-6-5-9-30(38)27-14-11-23(27)20-37-17-7-4-8-22-18-26(35)13-10-24(22)21-43-31-15-12-25(19-29(31)37)34(28,42)33(40)41/h5,9-10,12-13,15,18-19,23,27-28,30,38,42H,3-4,6-8,11,14,16-17,20-21H2,1-2H3,(H,40,41)/b9-5+/t23-,27+,28+,30-,34+/m0/s1. The zero-order valence-electron chi connectivity index (χ0n) is 25.0. The van der Waals surface area contributed by atoms with Crippen molar-refractivity contribution in [2.24, 2.45) is 17.8 Å². The lowest BCUT2D eigenvalue weighted by molar-refractivity contribution is -0.173. The molecule has 2 heterocycles. The fourth-order valence-electron chi connectivity index (χ4n) is 6.87. The van der Waals surface area contributed by atoms with E-state index in [0.29, 0.717) is 49.1 Å². The highest BCUT2D eigenvalue weighted by molar-refractivity contribution is 6.30. The van der Waals surface area contributed by atoms with Crippen molar-refractivity contribution in [3.8, 4) is 5.75 Å². The van der Waals surface area contributed by atoms with Gasteiger partial charge in [0.25, 0.3) is 0 Å². The van der Waals surface area contributed by atoms with Gasteiger partial charge < -0.3 is 29.9 Å². The molecule has 3 aliphatic rings. The van der Waals surface area contributed by atoms with E-state index in [1.54, 1.807) is 32.2 Å². The van der Waals surface area contributed by atoms with Crippen LogP contribution in [0.15, 0.2) is 48.6 Å². The summed E-state index contributed by atoms with van der Waals surface area (Å²) >= 11 is 6.32. The number of aliphatic carboxylic acids is 1. The summed E-state index contributed by atoms with van der Waals surface area (Å²) in [5.74, 6) is -2.16. The second-order valence-electron chi connectivity index (χ2n) is 12.3. The van der Waals surface area contributed by atoms with Crippen molar-refractivity contribution in [1.29, 1.82) is 0 Å². The molecule has 2 aromatic carbocycles. The SMILES string of the molecule is CC[C@@H]1C(=O)N(C)CC/C=C/[C@H](O)[C@@H]2CC[C@H]2CN2CCCCc3cc(Cl)ccc3COc3ccc(cc32)[C@]1(O)C(=O)O. The summed E-state index contributed by atoms with van der Waals surface area (Å²) in [6, 6.07) is 10.8. The maximum Gasteiger partial charge on any atom is 0.341 e. The van der Waals surface area contributed by atoms with Gasteiger partial charge in [-0.3, -0.25) is 4.79 Å². The number of ether oxygens (including phenoxy) is 1. The van der Waals surface area contributed by atoms with Crippen LogP contribution < -0.4 is 9.64 Å². The zero-order chi connectivity index (χ0) is 30.7. The van der Waals surface area contributed by atoms with Gasteiger partial charge in [-0.05, 0) is 97.7 Å². The maximum atomic E-state index is 13.6. The Bertz CT molecular complexity index is 1360. The maximum absolute atomic E-state index is 13.6. The Morgan fingerprint density at radius 2 is 1.93 bits per heavy atom. The number of carbonyl (C=O) groups is 2. The van der Waals surface area contributed by atoms with Crippen molar-refractivity contribution in [3.05, 3.63) is 70.3 Å². The van der Waals surface area contributed by atoms with E-state index in [1.165, 1.54) is 4.90 Å². The Labute approximate surface area is 258 Å². The molecule has 232 valence electrons. The second-order valence-corrected chi connectivity index (χ2v) is 12.7. The van der Waals surface area contributed by atoms with Crippen LogP contribution in [0.4, 0.5) is 5.69 Å². The molecule has 1 fully saturated rings. The van der Waals surface area contributed by atoms with Gasteiger partial charge in [0, 0.05) is 31.7 Å². The Kier molecular flexibility index (Phi) is 9.69. The predicted octanol–water partition coefficient (Wildman–Crippen LogP) is 5.17. The molecular weight excluding hydrogens is 568 g/mol. The van der Waals surface area contributed by atoms with Gasteiger partial charge in [0.1, 0.15) is 12.4 Å². The summed E-state index contributed by atoms with van der Waals surface area (Å²) in [5.41, 5.74) is 0.594. The number of benzene rings is 2. The second kappa shape index (κ2) is 13.3. The van der Waals surface area contributed by atoms with Crippen LogP contribution in [0.5, 0.6) is 5.75 Å². The van der Waals surface area contributed by atoms with Crippen LogP contribution in [-0.4, -0.2) is 64.9 Å². The van der Waals surface area contributed by atoms with Gasteiger partial charge in [-0.2, -0.15) is 0 Å². The minimum atomic E-state index is -2.43. The van der Waals surface area contributed by atoms with Crippen molar-refractivity contribution in [2.75, 3.05) is 31.6 Å². The van der Waals surface area contributed by atoms with E-state index < -0.39 is 29.5 Å². The number of halogens is 1. The lowest BCUT2D eigenvalue weighted by Crippen LogP contribution is -2.50. The average Bonchev–Trinajstić information content (AvgIpc) is 3.00. The summed E-state index contributed by atoms with van der Waals surface area (Å²) in [5, 5.41) is 34.1. The number of carbonyl (C=O) groups excluding carboxylic acids is 1. The molecule has 0 unspecified atom stereocenters. The molecule has 9 heteroatoms. The molecule has 1 amide bonds.